The van der Waals surface area contributed by atoms with Gasteiger partial charge in [-0.2, -0.15) is 5.10 Å². The lowest BCUT2D eigenvalue weighted by atomic mass is 9.98. The third-order valence-electron chi connectivity index (χ3n) is 5.49. The largest absolute Gasteiger partial charge is 0.352 e. The van der Waals surface area contributed by atoms with E-state index in [-0.39, 0.29) is 23.8 Å². The second-order valence-electron chi connectivity index (χ2n) is 8.04. The van der Waals surface area contributed by atoms with Crippen molar-refractivity contribution in [2.45, 2.75) is 39.2 Å². The van der Waals surface area contributed by atoms with E-state index in [0.29, 0.717) is 30.0 Å². The van der Waals surface area contributed by atoms with Gasteiger partial charge in [0.2, 0.25) is 0 Å². The molecule has 160 valence electrons. The molecule has 2 aromatic carbocycles. The first-order valence-corrected chi connectivity index (χ1v) is 10.7. The second kappa shape index (κ2) is 8.71. The summed E-state index contributed by atoms with van der Waals surface area (Å²) in [5.41, 5.74) is 2.90. The molecule has 3 aromatic rings. The fourth-order valence-electron chi connectivity index (χ4n) is 3.79. The van der Waals surface area contributed by atoms with Crippen LogP contribution in [0.2, 0.25) is 0 Å². The predicted molar refractivity (Wildman–Crippen MR) is 119 cm³/mol. The van der Waals surface area contributed by atoms with Gasteiger partial charge < -0.3 is 10.2 Å². The summed E-state index contributed by atoms with van der Waals surface area (Å²) >= 11 is 0. The topological polar surface area (TPSA) is 80.1 Å². The van der Waals surface area contributed by atoms with Gasteiger partial charge in [-0.3, -0.25) is 14.3 Å². The van der Waals surface area contributed by atoms with Crippen LogP contribution >= 0.6 is 0 Å². The molecule has 0 bridgehead atoms. The van der Waals surface area contributed by atoms with Gasteiger partial charge >= 0.3 is 0 Å². The van der Waals surface area contributed by atoms with Crippen molar-refractivity contribution in [3.63, 3.8) is 0 Å². The van der Waals surface area contributed by atoms with E-state index in [9.17, 15) is 9.59 Å². The molecule has 1 N–H and O–H groups in total. The molecule has 0 saturated heterocycles. The molecular weight excluding hydrogens is 390 g/mol. The molecule has 1 aliphatic heterocycles. The quantitative estimate of drug-likeness (QED) is 0.662. The van der Waals surface area contributed by atoms with E-state index in [1.165, 1.54) is 0 Å². The molecule has 31 heavy (non-hydrogen) atoms. The highest BCUT2D eigenvalue weighted by Gasteiger charge is 2.36. The van der Waals surface area contributed by atoms with Gasteiger partial charge in [0.25, 0.3) is 11.8 Å². The monoisotopic (exact) mass is 417 g/mol. The van der Waals surface area contributed by atoms with Crippen molar-refractivity contribution < 1.29 is 9.59 Å². The molecular formula is C24H27N5O2. The zero-order valence-corrected chi connectivity index (χ0v) is 18.1. The van der Waals surface area contributed by atoms with Crippen molar-refractivity contribution in [2.24, 2.45) is 0 Å². The molecule has 2 amide bonds. The highest BCUT2D eigenvalue weighted by atomic mass is 16.2. The van der Waals surface area contributed by atoms with Crippen molar-refractivity contribution in [1.29, 1.82) is 0 Å². The van der Waals surface area contributed by atoms with Crippen molar-refractivity contribution in [3.05, 3.63) is 77.4 Å². The maximum absolute atomic E-state index is 13.3. The molecule has 1 atom stereocenters. The molecule has 0 aliphatic carbocycles. The van der Waals surface area contributed by atoms with Gasteiger partial charge in [0.05, 0.1) is 5.92 Å². The van der Waals surface area contributed by atoms with Crippen LogP contribution in [0.15, 0.2) is 54.9 Å². The summed E-state index contributed by atoms with van der Waals surface area (Å²) in [5.74, 6) is 0.277. The van der Waals surface area contributed by atoms with Gasteiger partial charge in [-0.1, -0.05) is 25.1 Å². The Kier molecular flexibility index (Phi) is 5.84. The summed E-state index contributed by atoms with van der Waals surface area (Å²) in [4.78, 5) is 32.1. The van der Waals surface area contributed by atoms with Crippen LogP contribution in [0.5, 0.6) is 0 Å². The van der Waals surface area contributed by atoms with Crippen LogP contribution in [0, 0.1) is 0 Å². The van der Waals surface area contributed by atoms with E-state index < -0.39 is 0 Å². The van der Waals surface area contributed by atoms with Crippen molar-refractivity contribution in [2.75, 3.05) is 18.0 Å². The molecule has 0 fully saturated rings. The first kappa shape index (κ1) is 20.8. The highest BCUT2D eigenvalue weighted by molar-refractivity contribution is 6.08. The molecule has 1 aliphatic rings. The van der Waals surface area contributed by atoms with Gasteiger partial charge in [0.1, 0.15) is 6.33 Å². The summed E-state index contributed by atoms with van der Waals surface area (Å²) in [6.45, 7) is 7.16. The summed E-state index contributed by atoms with van der Waals surface area (Å²) in [6, 6.07) is 14.9. The average Bonchev–Trinajstić information content (AvgIpc) is 3.42. The summed E-state index contributed by atoms with van der Waals surface area (Å²) in [5, 5.41) is 7.57. The van der Waals surface area contributed by atoms with Crippen LogP contribution in [0.25, 0.3) is 0 Å². The Balaban J connectivity index is 1.73. The maximum atomic E-state index is 13.3. The van der Waals surface area contributed by atoms with Crippen LogP contribution in [0.1, 0.15) is 71.3 Å². The third-order valence-corrected chi connectivity index (χ3v) is 5.49. The highest BCUT2D eigenvalue weighted by Crippen LogP contribution is 2.40. The average molecular weight is 418 g/mol. The summed E-state index contributed by atoms with van der Waals surface area (Å²) < 4.78 is 1.81. The number of hydrogen-bond donors (Lipinski definition) is 1. The Bertz CT molecular complexity index is 1090. The third kappa shape index (κ3) is 4.08. The van der Waals surface area contributed by atoms with Crippen LogP contribution in [0.4, 0.5) is 5.69 Å². The van der Waals surface area contributed by atoms with Gasteiger partial charge in [-0.25, -0.2) is 4.98 Å². The molecule has 2 heterocycles. The minimum absolute atomic E-state index is 0.0733. The number of rotatable bonds is 6. The Morgan fingerprint density at radius 2 is 1.90 bits per heavy atom. The molecule has 0 spiro atoms. The Labute approximate surface area is 182 Å². The number of carbonyl (C=O) groups excluding carboxylic acids is 2. The zero-order valence-electron chi connectivity index (χ0n) is 18.1. The Hall–Kier alpha value is -3.48. The number of anilines is 1. The van der Waals surface area contributed by atoms with Crippen LogP contribution in [-0.4, -0.2) is 39.7 Å². The number of nitrogens with zero attached hydrogens (tertiary/aromatic N) is 4. The lowest BCUT2D eigenvalue weighted by Gasteiger charge is -2.18. The first-order valence-electron chi connectivity index (χ1n) is 10.7. The number of benzene rings is 2. The van der Waals surface area contributed by atoms with Gasteiger partial charge in [-0.05, 0) is 56.2 Å². The van der Waals surface area contributed by atoms with Crippen LogP contribution < -0.4 is 10.2 Å². The van der Waals surface area contributed by atoms with Crippen molar-refractivity contribution >= 4 is 17.5 Å². The number of fused-ring (bicyclic) bond motifs is 1. The van der Waals surface area contributed by atoms with E-state index in [0.717, 1.165) is 17.7 Å². The molecule has 7 heteroatoms. The normalized spacial score (nSPS) is 15.2. The van der Waals surface area contributed by atoms with Crippen molar-refractivity contribution in [3.8, 4) is 0 Å². The smallest absolute Gasteiger partial charge is 0.258 e. The first-order chi connectivity index (χ1) is 15.0. The Morgan fingerprint density at radius 3 is 2.58 bits per heavy atom. The molecule has 0 saturated carbocycles. The maximum Gasteiger partial charge on any atom is 0.258 e. The lowest BCUT2D eigenvalue weighted by molar-refractivity contribution is 0.0952. The minimum atomic E-state index is -0.193. The van der Waals surface area contributed by atoms with Gasteiger partial charge in [0, 0.05) is 35.9 Å². The number of aromatic nitrogens is 3. The molecule has 1 unspecified atom stereocenters. The molecule has 4 rings (SSSR count). The van der Waals surface area contributed by atoms with Crippen molar-refractivity contribution in [1.82, 2.24) is 20.1 Å². The summed E-state index contributed by atoms with van der Waals surface area (Å²) in [6.07, 6.45) is 2.59. The molecule has 7 nitrogen and oxygen atoms in total. The number of hydrogen-bond acceptors (Lipinski definition) is 4. The van der Waals surface area contributed by atoms with E-state index in [4.69, 9.17) is 0 Å². The lowest BCUT2D eigenvalue weighted by Crippen LogP contribution is -2.30. The predicted octanol–water partition coefficient (Wildman–Crippen LogP) is 3.79. The summed E-state index contributed by atoms with van der Waals surface area (Å²) in [7, 11) is 0. The second-order valence-corrected chi connectivity index (χ2v) is 8.04. The van der Waals surface area contributed by atoms with Crippen LogP contribution in [0.3, 0.4) is 0 Å². The molecule has 0 radical (unpaired) electrons. The van der Waals surface area contributed by atoms with Gasteiger partial charge in [0.15, 0.2) is 5.82 Å². The number of carbonyl (C=O) groups is 2. The fraction of sp³-hybridized carbons (Fsp3) is 0.333. The SMILES string of the molecule is CCCNC(=O)c1ccc2c(c1)C(c1ncn(C(C)C)n1)CN2C(=O)c1ccccc1. The van der Waals surface area contributed by atoms with E-state index in [2.05, 4.69) is 15.4 Å². The Morgan fingerprint density at radius 1 is 1.13 bits per heavy atom. The number of amides is 2. The van der Waals surface area contributed by atoms with Crippen LogP contribution in [-0.2, 0) is 0 Å². The van der Waals surface area contributed by atoms with Gasteiger partial charge in [-0.15, -0.1) is 0 Å². The van der Waals surface area contributed by atoms with E-state index in [1.54, 1.807) is 17.3 Å². The molecule has 1 aromatic heterocycles. The zero-order chi connectivity index (χ0) is 22.0. The van der Waals surface area contributed by atoms with E-state index >= 15 is 0 Å². The standard InChI is InChI=1S/C24H27N5O2/c1-4-12-25-23(30)18-10-11-21-19(13-18)20(22-26-15-29(27-22)16(2)3)14-28(21)24(31)17-8-6-5-7-9-17/h5-11,13,15-16,20H,4,12,14H2,1-3H3,(H,25,30). The fourth-order valence-corrected chi connectivity index (χ4v) is 3.79. The minimum Gasteiger partial charge on any atom is -0.352 e. The van der Waals surface area contributed by atoms with E-state index in [1.807, 2.05) is 67.9 Å². The number of nitrogens with one attached hydrogen (secondary N) is 1.